The van der Waals surface area contributed by atoms with Gasteiger partial charge in [-0.1, -0.05) is 513 Å². The fourth-order valence-electron chi connectivity index (χ4n) is 17.1. The van der Waals surface area contributed by atoms with Crippen molar-refractivity contribution in [1.82, 2.24) is 0 Å². The molecule has 0 nitrogen and oxygen atoms in total. The Bertz CT molecular complexity index is 912. The Morgan fingerprint density at radius 3 is 0.247 bits per heavy atom. The molecule has 0 aliphatic rings. The molecule has 0 fully saturated rings. The Kier molecular flexibility index (Phi) is 61.8. The van der Waals surface area contributed by atoms with Crippen LogP contribution in [0.2, 0.25) is 109 Å². The van der Waals surface area contributed by atoms with E-state index in [9.17, 15) is 0 Å². The third kappa shape index (κ3) is 32.6. The van der Waals surface area contributed by atoms with E-state index in [0.717, 1.165) is 0 Å². The molecule has 0 amide bonds. The van der Waals surface area contributed by atoms with Crippen LogP contribution in [0.1, 0.15) is 356 Å². The van der Waals surface area contributed by atoms with Gasteiger partial charge in [0, 0.05) is 0 Å². The van der Waals surface area contributed by atoms with Gasteiger partial charge in [-0.3, -0.25) is 0 Å². The standard InChI is InChI=1S/2C37H81Si3.Eu/c2*1-10-19-28-38(29-20-11-2,30-21-12-3)37(39(31-22-13-4,32-23-14-5)33-24-15-6)40(34-25-16-7,35-26-17-8)36-27-18-9;/h2*10-36H2,1-9H3;/q2*-1;+3. The van der Waals surface area contributed by atoms with Crippen LogP contribution in [0.3, 0.4) is 0 Å². The molecule has 0 aromatic heterocycles. The van der Waals surface area contributed by atoms with E-state index >= 15 is 0 Å². The molecule has 0 aliphatic heterocycles. The van der Waals surface area contributed by atoms with Crippen LogP contribution < -0.4 is 0 Å². The topological polar surface area (TPSA) is 0 Å². The Labute approximate surface area is 566 Å². The third-order valence-corrected chi connectivity index (χ3v) is 70.4. The molecule has 488 valence electrons. The molecular weight excluding hydrogens is 1210 g/mol. The van der Waals surface area contributed by atoms with Crippen molar-refractivity contribution in [1.29, 1.82) is 0 Å². The molecule has 0 saturated carbocycles. The van der Waals surface area contributed by atoms with Crippen molar-refractivity contribution in [2.75, 3.05) is 0 Å². The van der Waals surface area contributed by atoms with E-state index in [0.29, 0.717) is 0 Å². The molecule has 0 heterocycles. The molecule has 0 saturated heterocycles. The first-order valence-electron chi connectivity index (χ1n) is 38.6. The summed E-state index contributed by atoms with van der Waals surface area (Å²) in [5, 5.41) is 0. The van der Waals surface area contributed by atoms with Gasteiger partial charge in [0.05, 0.1) is 0 Å². The summed E-state index contributed by atoms with van der Waals surface area (Å²) in [7, 11) is -9.11. The second-order valence-corrected chi connectivity index (χ2v) is 58.7. The first-order valence-corrected chi connectivity index (χ1v) is 54.3. The Balaban J connectivity index is -0.00000148. The van der Waals surface area contributed by atoms with Gasteiger partial charge < -0.3 is 9.58 Å². The molecule has 0 aliphatic carbocycles. The summed E-state index contributed by atoms with van der Waals surface area (Å²) in [6, 6.07) is 30.2. The van der Waals surface area contributed by atoms with Gasteiger partial charge >= 0.3 is 49.4 Å². The van der Waals surface area contributed by atoms with Gasteiger partial charge in [0.25, 0.3) is 0 Å². The minimum absolute atomic E-state index is 0. The van der Waals surface area contributed by atoms with Crippen molar-refractivity contribution >= 4 is 48.4 Å². The van der Waals surface area contributed by atoms with Crippen molar-refractivity contribution in [3.63, 3.8) is 0 Å². The summed E-state index contributed by atoms with van der Waals surface area (Å²) in [6.45, 7) is 45.1. The van der Waals surface area contributed by atoms with Crippen LogP contribution in [0.4, 0.5) is 0 Å². The van der Waals surface area contributed by atoms with Crippen LogP contribution in [0.5, 0.6) is 0 Å². The van der Waals surface area contributed by atoms with Crippen LogP contribution in [0.15, 0.2) is 0 Å². The van der Waals surface area contributed by atoms with Gasteiger partial charge in [0.1, 0.15) is 0 Å². The maximum Gasteiger partial charge on any atom is 3.00 e. The van der Waals surface area contributed by atoms with E-state index in [1.54, 1.807) is 109 Å². The Hall–Kier alpha value is 2.89. The first kappa shape index (κ1) is 88.1. The molecule has 0 unspecified atom stereocenters. The van der Waals surface area contributed by atoms with Crippen LogP contribution in [0, 0.1) is 59.0 Å². The van der Waals surface area contributed by atoms with Gasteiger partial charge in [0.2, 0.25) is 0 Å². The molecule has 7 heteroatoms. The van der Waals surface area contributed by atoms with Gasteiger partial charge in [-0.15, -0.1) is 0 Å². The molecule has 0 N–H and O–H groups in total. The maximum atomic E-state index is 2.63. The summed E-state index contributed by atoms with van der Waals surface area (Å²) in [4.78, 5) is 5.27. The van der Waals surface area contributed by atoms with E-state index in [4.69, 9.17) is 0 Å². The quantitative estimate of drug-likeness (QED) is 0.0421. The van der Waals surface area contributed by atoms with E-state index in [1.807, 2.05) is 0 Å². The molecule has 81 heavy (non-hydrogen) atoms. The summed E-state index contributed by atoms with van der Waals surface area (Å²) in [5.74, 6) is 0. The molecule has 0 aromatic rings. The molecule has 0 atom stereocenters. The average molecular weight is 1370 g/mol. The van der Waals surface area contributed by atoms with Crippen molar-refractivity contribution in [2.45, 2.75) is 465 Å². The van der Waals surface area contributed by atoms with Crippen molar-refractivity contribution < 1.29 is 49.4 Å². The van der Waals surface area contributed by atoms with Crippen LogP contribution in [-0.2, 0) is 0 Å². The smallest absolute Gasteiger partial charge is 0.309 e. The zero-order valence-electron chi connectivity index (χ0n) is 60.6. The molecule has 0 aromatic carbocycles. The number of hydrogen-bond donors (Lipinski definition) is 0. The summed E-state index contributed by atoms with van der Waals surface area (Å²) in [6.07, 6.45) is 53.1. The van der Waals surface area contributed by atoms with Crippen LogP contribution in [0.25, 0.3) is 0 Å². The first-order chi connectivity index (χ1) is 38.8. The summed E-state index contributed by atoms with van der Waals surface area (Å²) >= 11 is 0. The minimum Gasteiger partial charge on any atom is -0.309 e. The fraction of sp³-hybridized carbons (Fsp3) is 0.973. The van der Waals surface area contributed by atoms with Crippen molar-refractivity contribution in [3.8, 4) is 0 Å². The van der Waals surface area contributed by atoms with E-state index < -0.39 is 48.4 Å². The zero-order chi connectivity index (χ0) is 60.3. The maximum absolute atomic E-state index is 2.63. The third-order valence-electron chi connectivity index (χ3n) is 21.3. The van der Waals surface area contributed by atoms with Gasteiger partial charge in [0.15, 0.2) is 0 Å². The molecule has 0 bridgehead atoms. The van der Waals surface area contributed by atoms with Crippen molar-refractivity contribution in [3.05, 3.63) is 9.58 Å². The molecule has 0 rings (SSSR count). The number of rotatable bonds is 60. The molecular formula is C74H162EuSi6+. The second kappa shape index (κ2) is 56.8. The van der Waals surface area contributed by atoms with Gasteiger partial charge in [-0.05, 0) is 0 Å². The second-order valence-electron chi connectivity index (χ2n) is 28.3. The van der Waals surface area contributed by atoms with E-state index in [-0.39, 0.29) is 49.4 Å². The fourth-order valence-corrected chi connectivity index (χ4v) is 85.2. The van der Waals surface area contributed by atoms with Crippen LogP contribution in [-0.4, -0.2) is 48.4 Å². The summed E-state index contributed by atoms with van der Waals surface area (Å²) < 4.78 is 0. The molecule has 0 radical (unpaired) electrons. The predicted molar refractivity (Wildman–Crippen MR) is 396 cm³/mol. The number of unbranched alkanes of at least 4 members (excludes halogenated alkanes) is 18. The van der Waals surface area contributed by atoms with Gasteiger partial charge in [-0.2, -0.15) is 0 Å². The van der Waals surface area contributed by atoms with Gasteiger partial charge in [-0.25, -0.2) is 0 Å². The normalized spacial score (nSPS) is 12.9. The monoisotopic (exact) mass is 1370 g/mol. The zero-order valence-corrected chi connectivity index (χ0v) is 69.0. The Morgan fingerprint density at radius 2 is 0.198 bits per heavy atom. The van der Waals surface area contributed by atoms with E-state index in [2.05, 4.69) is 134 Å². The number of hydrogen-bond acceptors (Lipinski definition) is 0. The SMILES string of the molecule is CCCC[Si](CCCC)(CCCC)[C-]([Si](CCCC)(CCCC)CCCC)[Si](CCCC)(CCCC)CCCC.CCCC[Si](CCCC)(CCCC)[C-]([Si](CCCC)(CCCC)CCCC)[Si](CCCC)(CCCC)CCCC.[Eu+3]. The van der Waals surface area contributed by atoms with Crippen LogP contribution >= 0.6 is 0 Å². The Morgan fingerprint density at radius 1 is 0.136 bits per heavy atom. The molecule has 0 spiro atoms. The minimum atomic E-state index is -1.52. The summed E-state index contributed by atoms with van der Waals surface area (Å²) in [5.41, 5.74) is 0. The van der Waals surface area contributed by atoms with Crippen molar-refractivity contribution in [2.24, 2.45) is 0 Å². The average Bonchev–Trinajstić information content (AvgIpc) is 3.48. The predicted octanol–water partition coefficient (Wildman–Crippen LogP) is 29.5. The van der Waals surface area contributed by atoms with E-state index in [1.165, 1.54) is 231 Å². The largest absolute Gasteiger partial charge is 3.00 e.